The summed E-state index contributed by atoms with van der Waals surface area (Å²) in [6, 6.07) is 16.0. The minimum atomic E-state index is 0.504. The van der Waals surface area contributed by atoms with Crippen LogP contribution in [0.4, 0.5) is 5.69 Å². The summed E-state index contributed by atoms with van der Waals surface area (Å²) < 4.78 is 0. The molecule has 0 radical (unpaired) electrons. The molecule has 1 fully saturated rings. The molecule has 1 heterocycles. The van der Waals surface area contributed by atoms with E-state index in [0.717, 1.165) is 38.4 Å². The average molecular weight is 380 g/mol. The van der Waals surface area contributed by atoms with Crippen LogP contribution >= 0.6 is 35.4 Å². The maximum absolute atomic E-state index is 6.21. The minimum absolute atomic E-state index is 0.504. The van der Waals surface area contributed by atoms with E-state index in [4.69, 9.17) is 35.4 Å². The molecule has 0 aromatic heterocycles. The van der Waals surface area contributed by atoms with Gasteiger partial charge in [-0.15, -0.1) is 0 Å². The predicted octanol–water partition coefficient (Wildman–Crippen LogP) is 4.51. The van der Waals surface area contributed by atoms with Crippen molar-refractivity contribution >= 4 is 46.2 Å². The second kappa shape index (κ2) is 8.17. The fourth-order valence-corrected chi connectivity index (χ4v) is 3.39. The van der Waals surface area contributed by atoms with Gasteiger partial charge >= 0.3 is 0 Å². The Labute approximate surface area is 158 Å². The third-order valence-corrected chi connectivity index (χ3v) is 5.28. The Morgan fingerprint density at radius 1 is 0.958 bits per heavy atom. The highest BCUT2D eigenvalue weighted by molar-refractivity contribution is 7.80. The van der Waals surface area contributed by atoms with Gasteiger partial charge in [0.1, 0.15) is 0 Å². The van der Waals surface area contributed by atoms with Crippen molar-refractivity contribution in [3.63, 3.8) is 0 Å². The van der Waals surface area contributed by atoms with E-state index in [1.165, 1.54) is 5.56 Å². The monoisotopic (exact) mass is 379 g/mol. The zero-order valence-corrected chi connectivity index (χ0v) is 15.5. The van der Waals surface area contributed by atoms with Gasteiger partial charge in [-0.3, -0.25) is 4.90 Å². The SMILES string of the molecule is S=C(Nc1cccc(Cl)c1Cl)N1CCN(Cc2ccccc2)CC1. The lowest BCUT2D eigenvalue weighted by Crippen LogP contribution is -2.49. The standard InChI is InChI=1S/C18H19Cl2N3S/c19-15-7-4-8-16(17(15)20)21-18(24)23-11-9-22(10-12-23)13-14-5-2-1-3-6-14/h1-8H,9-13H2,(H,21,24). The van der Waals surface area contributed by atoms with Crippen molar-refractivity contribution in [2.24, 2.45) is 0 Å². The second-order valence-corrected chi connectivity index (χ2v) is 6.95. The molecule has 0 spiro atoms. The lowest BCUT2D eigenvalue weighted by molar-refractivity contribution is 0.177. The van der Waals surface area contributed by atoms with Crippen molar-refractivity contribution < 1.29 is 0 Å². The normalized spacial score (nSPS) is 15.3. The highest BCUT2D eigenvalue weighted by Gasteiger charge is 2.19. The van der Waals surface area contributed by atoms with E-state index in [2.05, 4.69) is 39.4 Å². The largest absolute Gasteiger partial charge is 0.346 e. The van der Waals surface area contributed by atoms with Crippen LogP contribution in [0.15, 0.2) is 48.5 Å². The van der Waals surface area contributed by atoms with E-state index >= 15 is 0 Å². The lowest BCUT2D eigenvalue weighted by Gasteiger charge is -2.36. The molecule has 0 unspecified atom stereocenters. The van der Waals surface area contributed by atoms with Gasteiger partial charge in [0.05, 0.1) is 15.7 Å². The third kappa shape index (κ3) is 4.39. The molecule has 1 aliphatic heterocycles. The summed E-state index contributed by atoms with van der Waals surface area (Å²) in [5.74, 6) is 0. The van der Waals surface area contributed by atoms with Crippen molar-refractivity contribution in [2.75, 3.05) is 31.5 Å². The van der Waals surface area contributed by atoms with E-state index in [0.29, 0.717) is 15.2 Å². The molecule has 0 amide bonds. The number of hydrogen-bond donors (Lipinski definition) is 1. The van der Waals surface area contributed by atoms with Crippen LogP contribution in [-0.4, -0.2) is 41.1 Å². The number of nitrogens with zero attached hydrogens (tertiary/aromatic N) is 2. The Hall–Kier alpha value is -1.33. The fraction of sp³-hybridized carbons (Fsp3) is 0.278. The summed E-state index contributed by atoms with van der Waals surface area (Å²) in [5, 5.41) is 4.93. The number of piperazine rings is 1. The van der Waals surface area contributed by atoms with Crippen LogP contribution in [0.5, 0.6) is 0 Å². The van der Waals surface area contributed by atoms with Crippen LogP contribution in [0.3, 0.4) is 0 Å². The summed E-state index contributed by atoms with van der Waals surface area (Å²) in [7, 11) is 0. The Bertz CT molecular complexity index is 701. The number of rotatable bonds is 3. The molecule has 0 bridgehead atoms. The maximum atomic E-state index is 6.21. The summed E-state index contributed by atoms with van der Waals surface area (Å²) in [6.07, 6.45) is 0. The number of hydrogen-bond acceptors (Lipinski definition) is 2. The smallest absolute Gasteiger partial charge is 0.173 e. The van der Waals surface area contributed by atoms with E-state index in [9.17, 15) is 0 Å². The Balaban J connectivity index is 1.52. The molecular weight excluding hydrogens is 361 g/mol. The highest BCUT2D eigenvalue weighted by atomic mass is 35.5. The van der Waals surface area contributed by atoms with Gasteiger partial charge in [-0.1, -0.05) is 59.6 Å². The highest BCUT2D eigenvalue weighted by Crippen LogP contribution is 2.29. The zero-order chi connectivity index (χ0) is 16.9. The molecule has 126 valence electrons. The van der Waals surface area contributed by atoms with Crippen LogP contribution < -0.4 is 5.32 Å². The molecule has 1 saturated heterocycles. The Morgan fingerprint density at radius 3 is 2.38 bits per heavy atom. The van der Waals surface area contributed by atoms with E-state index in [1.54, 1.807) is 6.07 Å². The molecule has 0 saturated carbocycles. The quantitative estimate of drug-likeness (QED) is 0.790. The third-order valence-electron chi connectivity index (χ3n) is 4.10. The van der Waals surface area contributed by atoms with Crippen LogP contribution in [-0.2, 0) is 6.54 Å². The molecule has 0 atom stereocenters. The molecule has 3 rings (SSSR count). The van der Waals surface area contributed by atoms with Crippen molar-refractivity contribution in [3.8, 4) is 0 Å². The van der Waals surface area contributed by atoms with Gasteiger partial charge in [0.15, 0.2) is 5.11 Å². The van der Waals surface area contributed by atoms with Crippen LogP contribution in [0, 0.1) is 0 Å². The Morgan fingerprint density at radius 2 is 1.67 bits per heavy atom. The lowest BCUT2D eigenvalue weighted by atomic mass is 10.2. The predicted molar refractivity (Wildman–Crippen MR) is 106 cm³/mol. The molecule has 1 N–H and O–H groups in total. The van der Waals surface area contributed by atoms with Gasteiger partial charge in [0, 0.05) is 32.7 Å². The van der Waals surface area contributed by atoms with E-state index in [1.807, 2.05) is 18.2 Å². The molecule has 24 heavy (non-hydrogen) atoms. The summed E-state index contributed by atoms with van der Waals surface area (Å²) in [4.78, 5) is 4.62. The van der Waals surface area contributed by atoms with Gasteiger partial charge in [-0.05, 0) is 29.9 Å². The first-order chi connectivity index (χ1) is 11.6. The van der Waals surface area contributed by atoms with Crippen molar-refractivity contribution in [1.29, 1.82) is 0 Å². The molecular formula is C18H19Cl2N3S. The van der Waals surface area contributed by atoms with Gasteiger partial charge in [0.2, 0.25) is 0 Å². The molecule has 3 nitrogen and oxygen atoms in total. The number of benzene rings is 2. The molecule has 6 heteroatoms. The first-order valence-electron chi connectivity index (χ1n) is 7.90. The van der Waals surface area contributed by atoms with Gasteiger partial charge in [0.25, 0.3) is 0 Å². The molecule has 2 aromatic rings. The van der Waals surface area contributed by atoms with Crippen LogP contribution in [0.25, 0.3) is 0 Å². The summed E-state index contributed by atoms with van der Waals surface area (Å²) >= 11 is 17.8. The van der Waals surface area contributed by atoms with Crippen LogP contribution in [0.2, 0.25) is 10.0 Å². The number of halogens is 2. The van der Waals surface area contributed by atoms with Gasteiger partial charge < -0.3 is 10.2 Å². The Kier molecular flexibility index (Phi) is 5.95. The number of anilines is 1. The topological polar surface area (TPSA) is 18.5 Å². The average Bonchev–Trinajstić information content (AvgIpc) is 2.60. The maximum Gasteiger partial charge on any atom is 0.173 e. The van der Waals surface area contributed by atoms with Crippen molar-refractivity contribution in [2.45, 2.75) is 6.54 Å². The summed E-state index contributed by atoms with van der Waals surface area (Å²) in [6.45, 7) is 4.75. The fourth-order valence-electron chi connectivity index (χ4n) is 2.75. The zero-order valence-electron chi connectivity index (χ0n) is 13.2. The number of thiocarbonyl (C=S) groups is 1. The molecule has 0 aliphatic carbocycles. The van der Waals surface area contributed by atoms with Gasteiger partial charge in [-0.2, -0.15) is 0 Å². The molecule has 2 aromatic carbocycles. The first-order valence-corrected chi connectivity index (χ1v) is 9.06. The van der Waals surface area contributed by atoms with Gasteiger partial charge in [-0.25, -0.2) is 0 Å². The number of nitrogens with one attached hydrogen (secondary N) is 1. The van der Waals surface area contributed by atoms with Crippen molar-refractivity contribution in [3.05, 3.63) is 64.1 Å². The first kappa shape index (κ1) is 17.5. The van der Waals surface area contributed by atoms with Crippen LogP contribution in [0.1, 0.15) is 5.56 Å². The minimum Gasteiger partial charge on any atom is -0.346 e. The molecule has 1 aliphatic rings. The van der Waals surface area contributed by atoms with E-state index < -0.39 is 0 Å². The van der Waals surface area contributed by atoms with Crippen molar-refractivity contribution in [1.82, 2.24) is 9.80 Å². The second-order valence-electron chi connectivity index (χ2n) is 5.78. The van der Waals surface area contributed by atoms with E-state index in [-0.39, 0.29) is 0 Å². The summed E-state index contributed by atoms with van der Waals surface area (Å²) in [5.41, 5.74) is 2.10.